The zero-order valence-corrected chi connectivity index (χ0v) is 5.40. The van der Waals surface area contributed by atoms with E-state index in [-0.39, 0.29) is 6.42 Å². The fourth-order valence-corrected chi connectivity index (χ4v) is 0.397. The normalized spacial score (nSPS) is 13.0. The molecule has 0 radical (unpaired) electrons. The third kappa shape index (κ3) is 5.21. The Hall–Kier alpha value is -0.660. The first kappa shape index (κ1) is 8.34. The van der Waals surface area contributed by atoms with Gasteiger partial charge in [-0.15, -0.1) is 0 Å². The molecular weight excluding hydrogens is 122 g/mol. The van der Waals surface area contributed by atoms with E-state index < -0.39 is 12.5 Å². The van der Waals surface area contributed by atoms with E-state index in [9.17, 15) is 8.78 Å². The van der Waals surface area contributed by atoms with Gasteiger partial charge < -0.3 is 0 Å². The van der Waals surface area contributed by atoms with E-state index in [4.69, 9.17) is 0 Å². The quantitative estimate of drug-likeness (QED) is 0.518. The van der Waals surface area contributed by atoms with Crippen LogP contribution in [-0.4, -0.2) is 6.67 Å². The standard InChI is InChI=1S/C7H10F2/c1-2-3-4-7(9)5-6-8/h2-3,5H,4,6H2,1H3. The van der Waals surface area contributed by atoms with Crippen molar-refractivity contribution in [1.29, 1.82) is 0 Å². The summed E-state index contributed by atoms with van der Waals surface area (Å²) in [5, 5.41) is 0. The summed E-state index contributed by atoms with van der Waals surface area (Å²) in [5.41, 5.74) is 0. The molecule has 0 atom stereocenters. The third-order valence-electron chi connectivity index (χ3n) is 0.847. The maximum Gasteiger partial charge on any atom is 0.110 e. The molecular formula is C7H10F2. The van der Waals surface area contributed by atoms with Crippen molar-refractivity contribution in [3.8, 4) is 0 Å². The first-order valence-corrected chi connectivity index (χ1v) is 2.83. The highest BCUT2D eigenvalue weighted by atomic mass is 19.1. The zero-order chi connectivity index (χ0) is 7.11. The van der Waals surface area contributed by atoms with E-state index in [0.29, 0.717) is 0 Å². The highest BCUT2D eigenvalue weighted by Crippen LogP contribution is 2.02. The van der Waals surface area contributed by atoms with Crippen LogP contribution in [-0.2, 0) is 0 Å². The van der Waals surface area contributed by atoms with Crippen molar-refractivity contribution in [3.63, 3.8) is 0 Å². The van der Waals surface area contributed by atoms with Crippen LogP contribution in [0.15, 0.2) is 24.1 Å². The Morgan fingerprint density at radius 1 is 1.56 bits per heavy atom. The lowest BCUT2D eigenvalue weighted by Gasteiger charge is -1.85. The smallest absolute Gasteiger partial charge is 0.110 e. The van der Waals surface area contributed by atoms with E-state index in [2.05, 4.69) is 0 Å². The summed E-state index contributed by atoms with van der Waals surface area (Å²) in [6.45, 7) is 1.08. The van der Waals surface area contributed by atoms with Gasteiger partial charge in [-0.3, -0.25) is 0 Å². The van der Waals surface area contributed by atoms with Crippen LogP contribution in [0, 0.1) is 0 Å². The average molecular weight is 132 g/mol. The lowest BCUT2D eigenvalue weighted by molar-refractivity contribution is 0.537. The largest absolute Gasteiger partial charge is 0.246 e. The van der Waals surface area contributed by atoms with Crippen LogP contribution in [0.3, 0.4) is 0 Å². The van der Waals surface area contributed by atoms with Crippen LogP contribution in [0.5, 0.6) is 0 Å². The molecule has 0 amide bonds. The fraction of sp³-hybridized carbons (Fsp3) is 0.429. The molecule has 0 N–H and O–H groups in total. The minimum Gasteiger partial charge on any atom is -0.246 e. The van der Waals surface area contributed by atoms with Crippen molar-refractivity contribution in [2.75, 3.05) is 6.67 Å². The predicted octanol–water partition coefficient (Wildman–Crippen LogP) is 2.78. The number of rotatable bonds is 3. The lowest BCUT2D eigenvalue weighted by Crippen LogP contribution is -1.71. The van der Waals surface area contributed by atoms with Crippen molar-refractivity contribution in [3.05, 3.63) is 24.1 Å². The van der Waals surface area contributed by atoms with E-state index in [0.717, 1.165) is 6.08 Å². The van der Waals surface area contributed by atoms with Crippen molar-refractivity contribution >= 4 is 0 Å². The Balaban J connectivity index is 3.49. The molecule has 0 bridgehead atoms. The predicted molar refractivity (Wildman–Crippen MR) is 34.6 cm³/mol. The second-order valence-electron chi connectivity index (χ2n) is 1.58. The lowest BCUT2D eigenvalue weighted by atomic mass is 10.3. The molecule has 0 aliphatic carbocycles. The van der Waals surface area contributed by atoms with Gasteiger partial charge in [-0.1, -0.05) is 12.2 Å². The summed E-state index contributed by atoms with van der Waals surface area (Å²) in [4.78, 5) is 0. The van der Waals surface area contributed by atoms with Crippen LogP contribution < -0.4 is 0 Å². The van der Waals surface area contributed by atoms with E-state index in [1.807, 2.05) is 0 Å². The topological polar surface area (TPSA) is 0 Å². The minimum atomic E-state index is -0.719. The molecule has 0 aliphatic rings. The van der Waals surface area contributed by atoms with Crippen molar-refractivity contribution in [2.24, 2.45) is 0 Å². The van der Waals surface area contributed by atoms with E-state index in [1.54, 1.807) is 19.1 Å². The van der Waals surface area contributed by atoms with Gasteiger partial charge in [-0.2, -0.15) is 0 Å². The number of alkyl halides is 1. The molecule has 0 rings (SSSR count). The second kappa shape index (κ2) is 5.48. The number of allylic oxidation sites excluding steroid dienone is 4. The molecule has 0 aromatic heterocycles. The summed E-state index contributed by atoms with van der Waals surface area (Å²) in [6, 6.07) is 0. The molecule has 0 heterocycles. The van der Waals surface area contributed by atoms with Gasteiger partial charge in [0.05, 0.1) is 0 Å². The summed E-state index contributed by atoms with van der Waals surface area (Å²) in [5.74, 6) is -0.407. The fourth-order valence-electron chi connectivity index (χ4n) is 0.397. The SMILES string of the molecule is CC=CCC(F)=CCF. The summed E-state index contributed by atoms with van der Waals surface area (Å²) >= 11 is 0. The van der Waals surface area contributed by atoms with Gasteiger partial charge in [-0.25, -0.2) is 8.78 Å². The molecule has 0 aliphatic heterocycles. The number of hydrogen-bond acceptors (Lipinski definition) is 0. The Morgan fingerprint density at radius 2 is 2.22 bits per heavy atom. The Kier molecular flexibility index (Phi) is 5.07. The van der Waals surface area contributed by atoms with Crippen LogP contribution in [0.25, 0.3) is 0 Å². The van der Waals surface area contributed by atoms with Gasteiger partial charge in [0, 0.05) is 6.42 Å². The summed E-state index contributed by atoms with van der Waals surface area (Å²) in [6.07, 6.45) is 4.51. The number of hydrogen-bond donors (Lipinski definition) is 0. The van der Waals surface area contributed by atoms with Gasteiger partial charge in [0.1, 0.15) is 12.5 Å². The maximum atomic E-state index is 12.2. The first-order chi connectivity index (χ1) is 4.31. The molecule has 0 fully saturated rings. The Bertz CT molecular complexity index is 114. The number of halogens is 2. The molecule has 0 nitrogen and oxygen atoms in total. The zero-order valence-electron chi connectivity index (χ0n) is 5.40. The second-order valence-corrected chi connectivity index (χ2v) is 1.58. The monoisotopic (exact) mass is 132 g/mol. The van der Waals surface area contributed by atoms with Gasteiger partial charge in [0.2, 0.25) is 0 Å². The molecule has 0 saturated heterocycles. The van der Waals surface area contributed by atoms with Crippen molar-refractivity contribution < 1.29 is 8.78 Å². The van der Waals surface area contributed by atoms with Gasteiger partial charge in [-0.05, 0) is 13.0 Å². The molecule has 52 valence electrons. The molecule has 0 aromatic rings. The first-order valence-electron chi connectivity index (χ1n) is 2.83. The Labute approximate surface area is 53.9 Å². The van der Waals surface area contributed by atoms with Crippen LogP contribution in [0.2, 0.25) is 0 Å². The van der Waals surface area contributed by atoms with Gasteiger partial charge >= 0.3 is 0 Å². The average Bonchev–Trinajstić information content (AvgIpc) is 1.85. The maximum absolute atomic E-state index is 12.2. The highest BCUT2D eigenvalue weighted by Gasteiger charge is 1.87. The van der Waals surface area contributed by atoms with Crippen LogP contribution in [0.1, 0.15) is 13.3 Å². The Morgan fingerprint density at radius 3 is 2.67 bits per heavy atom. The molecule has 2 heteroatoms. The minimum absolute atomic E-state index is 0.209. The highest BCUT2D eigenvalue weighted by molar-refractivity contribution is 4.98. The molecule has 9 heavy (non-hydrogen) atoms. The van der Waals surface area contributed by atoms with Crippen LogP contribution >= 0.6 is 0 Å². The van der Waals surface area contributed by atoms with Crippen molar-refractivity contribution in [2.45, 2.75) is 13.3 Å². The third-order valence-corrected chi connectivity index (χ3v) is 0.847. The van der Waals surface area contributed by atoms with Crippen molar-refractivity contribution in [1.82, 2.24) is 0 Å². The van der Waals surface area contributed by atoms with Crippen LogP contribution in [0.4, 0.5) is 8.78 Å². The van der Waals surface area contributed by atoms with E-state index in [1.165, 1.54) is 0 Å². The molecule has 0 unspecified atom stereocenters. The molecule has 0 saturated carbocycles. The molecule has 0 aromatic carbocycles. The summed E-state index contributed by atoms with van der Waals surface area (Å²) < 4.78 is 23.5. The van der Waals surface area contributed by atoms with E-state index >= 15 is 0 Å². The molecule has 0 spiro atoms. The van der Waals surface area contributed by atoms with Gasteiger partial charge in [0.25, 0.3) is 0 Å². The van der Waals surface area contributed by atoms with Gasteiger partial charge in [0.15, 0.2) is 0 Å². The summed E-state index contributed by atoms with van der Waals surface area (Å²) in [7, 11) is 0.